The van der Waals surface area contributed by atoms with Gasteiger partial charge in [-0.15, -0.1) is 11.3 Å². The number of amides is 1. The van der Waals surface area contributed by atoms with Crippen LogP contribution in [0.25, 0.3) is 0 Å². The van der Waals surface area contributed by atoms with Crippen LogP contribution in [0.4, 0.5) is 0 Å². The number of aromatic amines is 1. The molecule has 0 saturated carbocycles. The molecule has 0 bridgehead atoms. The van der Waals surface area contributed by atoms with Gasteiger partial charge in [-0.1, -0.05) is 0 Å². The highest BCUT2D eigenvalue weighted by Gasteiger charge is 2.22. The van der Waals surface area contributed by atoms with E-state index in [4.69, 9.17) is 5.11 Å². The zero-order valence-corrected chi connectivity index (χ0v) is 12.6. The second-order valence-electron chi connectivity index (χ2n) is 3.78. The van der Waals surface area contributed by atoms with Crippen molar-refractivity contribution in [2.75, 3.05) is 0 Å². The molecule has 2 heterocycles. The normalized spacial score (nSPS) is 12.1. The Labute approximate surface area is 126 Å². The summed E-state index contributed by atoms with van der Waals surface area (Å²) in [6.45, 7) is 0. The largest absolute Gasteiger partial charge is 0.480 e. The molecule has 1 unspecified atom stereocenters. The molecule has 0 saturated heterocycles. The number of nitrogens with zero attached hydrogens (tertiary/aromatic N) is 1. The fourth-order valence-electron chi connectivity index (χ4n) is 1.49. The van der Waals surface area contributed by atoms with Gasteiger partial charge in [-0.25, -0.2) is 9.78 Å². The van der Waals surface area contributed by atoms with E-state index in [1.807, 2.05) is 0 Å². The summed E-state index contributed by atoms with van der Waals surface area (Å²) in [6, 6.07) is 0.737. The zero-order valence-electron chi connectivity index (χ0n) is 9.59. The lowest BCUT2D eigenvalue weighted by molar-refractivity contribution is -0.139. The summed E-state index contributed by atoms with van der Waals surface area (Å²) in [5, 5.41) is 13.3. The molecule has 0 aliphatic carbocycles. The molecule has 0 aliphatic heterocycles. The molecule has 0 radical (unpaired) electrons. The van der Waals surface area contributed by atoms with Crippen LogP contribution in [-0.2, 0) is 11.2 Å². The monoisotopic (exact) mass is 391 g/mol. The van der Waals surface area contributed by atoms with Gasteiger partial charge in [0.2, 0.25) is 0 Å². The molecular weight excluding hydrogens is 381 g/mol. The van der Waals surface area contributed by atoms with Crippen molar-refractivity contribution in [3.05, 3.63) is 38.1 Å². The van der Waals surface area contributed by atoms with E-state index >= 15 is 0 Å². The Hall–Kier alpha value is -1.42. The standard InChI is InChI=1S/C11H10IN3O3S/c12-9-1-6(4-19-9)10(16)15-8(11(17)18)2-7-3-13-5-14-7/h1,3-5,8H,2H2,(H,13,14)(H,15,16)(H,17,18). The maximum Gasteiger partial charge on any atom is 0.326 e. The summed E-state index contributed by atoms with van der Waals surface area (Å²) in [4.78, 5) is 29.7. The van der Waals surface area contributed by atoms with Crippen LogP contribution in [0.5, 0.6) is 0 Å². The van der Waals surface area contributed by atoms with E-state index < -0.39 is 12.0 Å². The van der Waals surface area contributed by atoms with Crippen molar-refractivity contribution in [1.29, 1.82) is 0 Å². The minimum Gasteiger partial charge on any atom is -0.480 e. The van der Waals surface area contributed by atoms with Crippen molar-refractivity contribution in [1.82, 2.24) is 15.3 Å². The van der Waals surface area contributed by atoms with Crippen LogP contribution in [0.1, 0.15) is 16.1 Å². The maximum absolute atomic E-state index is 11.9. The molecule has 2 aromatic heterocycles. The van der Waals surface area contributed by atoms with Crippen LogP contribution in [-0.4, -0.2) is 33.0 Å². The number of H-pyrrole nitrogens is 1. The summed E-state index contributed by atoms with van der Waals surface area (Å²) < 4.78 is 0.975. The van der Waals surface area contributed by atoms with Crippen LogP contribution in [0.2, 0.25) is 0 Å². The topological polar surface area (TPSA) is 95.1 Å². The van der Waals surface area contributed by atoms with Crippen LogP contribution in [0, 0.1) is 2.88 Å². The van der Waals surface area contributed by atoms with Gasteiger partial charge >= 0.3 is 5.97 Å². The van der Waals surface area contributed by atoms with E-state index in [2.05, 4.69) is 37.9 Å². The van der Waals surface area contributed by atoms with E-state index in [9.17, 15) is 9.59 Å². The number of carbonyl (C=O) groups is 2. The highest BCUT2D eigenvalue weighted by Crippen LogP contribution is 2.16. The van der Waals surface area contributed by atoms with Gasteiger partial charge in [-0.05, 0) is 28.7 Å². The first-order chi connectivity index (χ1) is 9.06. The number of rotatable bonds is 5. The Morgan fingerprint density at radius 3 is 2.89 bits per heavy atom. The third kappa shape index (κ3) is 3.77. The van der Waals surface area contributed by atoms with Crippen molar-refractivity contribution in [3.8, 4) is 0 Å². The molecule has 0 fully saturated rings. The van der Waals surface area contributed by atoms with Crippen molar-refractivity contribution in [3.63, 3.8) is 0 Å². The van der Waals surface area contributed by atoms with Gasteiger partial charge in [0.1, 0.15) is 6.04 Å². The van der Waals surface area contributed by atoms with Crippen LogP contribution >= 0.6 is 33.9 Å². The molecule has 2 rings (SSSR count). The van der Waals surface area contributed by atoms with Gasteiger partial charge in [0.15, 0.2) is 0 Å². The number of carbonyl (C=O) groups excluding carboxylic acids is 1. The quantitative estimate of drug-likeness (QED) is 0.674. The zero-order chi connectivity index (χ0) is 13.8. The Bertz CT molecular complexity index is 582. The molecule has 2 aromatic rings. The number of nitrogens with one attached hydrogen (secondary N) is 2. The third-order valence-electron chi connectivity index (χ3n) is 2.41. The number of carboxylic acid groups (broad SMARTS) is 1. The highest BCUT2D eigenvalue weighted by atomic mass is 127. The highest BCUT2D eigenvalue weighted by molar-refractivity contribution is 14.1. The summed E-state index contributed by atoms with van der Waals surface area (Å²) in [5.41, 5.74) is 1.14. The fraction of sp³-hybridized carbons (Fsp3) is 0.182. The van der Waals surface area contributed by atoms with Gasteiger partial charge in [0.05, 0.1) is 14.8 Å². The number of aliphatic carboxylic acids is 1. The predicted molar refractivity (Wildman–Crippen MR) is 78.2 cm³/mol. The van der Waals surface area contributed by atoms with Gasteiger partial charge in [-0.3, -0.25) is 4.79 Å². The third-order valence-corrected chi connectivity index (χ3v) is 4.20. The second kappa shape index (κ2) is 6.15. The number of carboxylic acids is 1. The lowest BCUT2D eigenvalue weighted by Crippen LogP contribution is -2.42. The molecule has 0 aromatic carbocycles. The first-order valence-electron chi connectivity index (χ1n) is 5.31. The van der Waals surface area contributed by atoms with Crippen molar-refractivity contribution in [2.24, 2.45) is 0 Å². The van der Waals surface area contributed by atoms with E-state index in [0.29, 0.717) is 11.3 Å². The molecule has 1 amide bonds. The number of halogens is 1. The number of imidazole rings is 1. The second-order valence-corrected chi connectivity index (χ2v) is 6.59. The first-order valence-corrected chi connectivity index (χ1v) is 7.27. The van der Waals surface area contributed by atoms with Crippen LogP contribution < -0.4 is 5.32 Å². The van der Waals surface area contributed by atoms with Gasteiger partial charge < -0.3 is 15.4 Å². The van der Waals surface area contributed by atoms with Crippen LogP contribution in [0.15, 0.2) is 24.0 Å². The van der Waals surface area contributed by atoms with Crippen LogP contribution in [0.3, 0.4) is 0 Å². The number of aromatic nitrogens is 2. The summed E-state index contributed by atoms with van der Waals surface area (Å²) in [6.07, 6.45) is 3.18. The summed E-state index contributed by atoms with van der Waals surface area (Å²) >= 11 is 3.54. The van der Waals surface area contributed by atoms with E-state index in [-0.39, 0.29) is 12.3 Å². The maximum atomic E-state index is 11.9. The SMILES string of the molecule is O=C(NC(Cc1cnc[nH]1)C(=O)O)c1csc(I)c1. The molecule has 6 nitrogen and oxygen atoms in total. The van der Waals surface area contributed by atoms with Crippen molar-refractivity contribution >= 4 is 45.8 Å². The van der Waals surface area contributed by atoms with Crippen molar-refractivity contribution < 1.29 is 14.7 Å². The lowest BCUT2D eigenvalue weighted by atomic mass is 10.1. The molecule has 3 N–H and O–H groups in total. The molecule has 100 valence electrons. The molecule has 8 heteroatoms. The smallest absolute Gasteiger partial charge is 0.326 e. The molecule has 0 spiro atoms. The summed E-state index contributed by atoms with van der Waals surface area (Å²) in [5.74, 6) is -1.46. The minimum atomic E-state index is -1.08. The van der Waals surface area contributed by atoms with E-state index in [0.717, 1.165) is 2.88 Å². The average Bonchev–Trinajstić information content (AvgIpc) is 2.99. The van der Waals surface area contributed by atoms with Crippen molar-refractivity contribution in [2.45, 2.75) is 12.5 Å². The number of thiophene rings is 1. The molecular formula is C11H10IN3O3S. The Morgan fingerprint density at radius 2 is 2.37 bits per heavy atom. The van der Waals surface area contributed by atoms with Gasteiger partial charge in [0.25, 0.3) is 5.91 Å². The minimum absolute atomic E-state index is 0.169. The number of hydrogen-bond donors (Lipinski definition) is 3. The molecule has 19 heavy (non-hydrogen) atoms. The fourth-order valence-corrected chi connectivity index (χ4v) is 2.81. The predicted octanol–water partition coefficient (Wildman–Crippen LogP) is 1.50. The average molecular weight is 391 g/mol. The summed E-state index contributed by atoms with van der Waals surface area (Å²) in [7, 11) is 0. The Morgan fingerprint density at radius 1 is 1.58 bits per heavy atom. The Balaban J connectivity index is 2.04. The van der Waals surface area contributed by atoms with Gasteiger partial charge in [-0.2, -0.15) is 0 Å². The lowest BCUT2D eigenvalue weighted by Gasteiger charge is -2.12. The van der Waals surface area contributed by atoms with E-state index in [1.54, 1.807) is 11.4 Å². The van der Waals surface area contributed by atoms with Gasteiger partial charge in [0, 0.05) is 23.7 Å². The number of hydrogen-bond acceptors (Lipinski definition) is 4. The molecule has 0 aliphatic rings. The van der Waals surface area contributed by atoms with E-state index in [1.165, 1.54) is 23.9 Å². The molecule has 1 atom stereocenters. The first kappa shape index (κ1) is 14.0. The Kier molecular flexibility index (Phi) is 4.53.